The summed E-state index contributed by atoms with van der Waals surface area (Å²) in [5.74, 6) is -1.15. The Morgan fingerprint density at radius 3 is 2.36 bits per heavy atom. The SMILES string of the molecule is C=C(CC)CNc1cc(F)cc(F)c1. The standard InChI is InChI=1S/C11H13F2N/c1-3-8(2)7-14-11-5-9(12)4-10(13)6-11/h4-6,14H,2-3,7H2,1H3. The van der Waals surface area contributed by atoms with Crippen LogP contribution in [0, 0.1) is 11.6 Å². The summed E-state index contributed by atoms with van der Waals surface area (Å²) in [7, 11) is 0. The average Bonchev–Trinajstić information content (AvgIpc) is 2.12. The maximum absolute atomic E-state index is 12.7. The molecule has 76 valence electrons. The Morgan fingerprint density at radius 2 is 1.86 bits per heavy atom. The molecule has 0 fully saturated rings. The molecule has 1 nitrogen and oxygen atoms in total. The zero-order valence-electron chi connectivity index (χ0n) is 8.11. The molecule has 0 heterocycles. The molecule has 3 heteroatoms. The van der Waals surface area contributed by atoms with E-state index in [0.717, 1.165) is 18.1 Å². The minimum atomic E-state index is -0.574. The van der Waals surface area contributed by atoms with Gasteiger partial charge in [-0.25, -0.2) is 8.78 Å². The lowest BCUT2D eigenvalue weighted by Gasteiger charge is -2.07. The molecule has 0 amide bonds. The lowest BCUT2D eigenvalue weighted by molar-refractivity contribution is 0.584. The molecule has 0 aliphatic rings. The van der Waals surface area contributed by atoms with Crippen molar-refractivity contribution in [2.75, 3.05) is 11.9 Å². The molecule has 0 aliphatic carbocycles. The van der Waals surface area contributed by atoms with Crippen LogP contribution in [0.4, 0.5) is 14.5 Å². The van der Waals surface area contributed by atoms with Crippen molar-refractivity contribution >= 4 is 5.69 Å². The highest BCUT2D eigenvalue weighted by Gasteiger charge is 1.99. The first-order chi connectivity index (χ1) is 6.61. The molecule has 0 saturated heterocycles. The van der Waals surface area contributed by atoms with Crippen LogP contribution in [-0.4, -0.2) is 6.54 Å². The summed E-state index contributed by atoms with van der Waals surface area (Å²) in [4.78, 5) is 0. The number of benzene rings is 1. The van der Waals surface area contributed by atoms with Crippen LogP contribution in [0.1, 0.15) is 13.3 Å². The van der Waals surface area contributed by atoms with E-state index in [4.69, 9.17) is 0 Å². The monoisotopic (exact) mass is 197 g/mol. The Morgan fingerprint density at radius 1 is 1.29 bits per heavy atom. The lowest BCUT2D eigenvalue weighted by Crippen LogP contribution is -2.03. The second kappa shape index (κ2) is 4.74. The van der Waals surface area contributed by atoms with Crippen molar-refractivity contribution in [3.63, 3.8) is 0 Å². The van der Waals surface area contributed by atoms with E-state index in [9.17, 15) is 8.78 Å². The molecule has 0 bridgehead atoms. The fourth-order valence-electron chi connectivity index (χ4n) is 1.01. The first-order valence-electron chi connectivity index (χ1n) is 4.48. The highest BCUT2D eigenvalue weighted by molar-refractivity contribution is 5.44. The second-order valence-electron chi connectivity index (χ2n) is 3.12. The van der Waals surface area contributed by atoms with Crippen LogP contribution in [-0.2, 0) is 0 Å². The van der Waals surface area contributed by atoms with Gasteiger partial charge in [-0.3, -0.25) is 0 Å². The van der Waals surface area contributed by atoms with E-state index in [2.05, 4.69) is 11.9 Å². The zero-order chi connectivity index (χ0) is 10.6. The highest BCUT2D eigenvalue weighted by Crippen LogP contribution is 2.13. The Labute approximate surface area is 82.4 Å². The van der Waals surface area contributed by atoms with Gasteiger partial charge < -0.3 is 5.32 Å². The van der Waals surface area contributed by atoms with Crippen molar-refractivity contribution in [1.29, 1.82) is 0 Å². The number of anilines is 1. The lowest BCUT2D eigenvalue weighted by atomic mass is 10.2. The van der Waals surface area contributed by atoms with E-state index in [1.165, 1.54) is 12.1 Å². The summed E-state index contributed by atoms with van der Waals surface area (Å²) in [6.07, 6.45) is 0.852. The van der Waals surface area contributed by atoms with E-state index in [-0.39, 0.29) is 0 Å². The van der Waals surface area contributed by atoms with Crippen molar-refractivity contribution in [2.45, 2.75) is 13.3 Å². The van der Waals surface area contributed by atoms with Gasteiger partial charge >= 0.3 is 0 Å². The molecular weight excluding hydrogens is 184 g/mol. The van der Waals surface area contributed by atoms with Crippen molar-refractivity contribution in [3.8, 4) is 0 Å². The van der Waals surface area contributed by atoms with E-state index in [1.54, 1.807) is 0 Å². The molecule has 0 unspecified atom stereocenters. The third-order valence-corrected chi connectivity index (χ3v) is 1.91. The molecule has 0 saturated carbocycles. The summed E-state index contributed by atoms with van der Waals surface area (Å²) in [5.41, 5.74) is 1.44. The molecule has 0 spiro atoms. The van der Waals surface area contributed by atoms with Gasteiger partial charge in [-0.2, -0.15) is 0 Å². The Kier molecular flexibility index (Phi) is 3.63. The van der Waals surface area contributed by atoms with E-state index >= 15 is 0 Å². The molecule has 0 atom stereocenters. The van der Waals surface area contributed by atoms with Crippen LogP contribution in [0.3, 0.4) is 0 Å². The van der Waals surface area contributed by atoms with Gasteiger partial charge in [0.2, 0.25) is 0 Å². The van der Waals surface area contributed by atoms with Crippen LogP contribution in [0.25, 0.3) is 0 Å². The molecule has 1 N–H and O–H groups in total. The largest absolute Gasteiger partial charge is 0.381 e. The smallest absolute Gasteiger partial charge is 0.128 e. The van der Waals surface area contributed by atoms with Gasteiger partial charge in [0.1, 0.15) is 11.6 Å². The Balaban J connectivity index is 2.63. The maximum Gasteiger partial charge on any atom is 0.128 e. The summed E-state index contributed by atoms with van der Waals surface area (Å²) < 4.78 is 25.5. The molecule has 0 aromatic heterocycles. The number of nitrogens with one attached hydrogen (secondary N) is 1. The Bertz CT molecular complexity index is 314. The van der Waals surface area contributed by atoms with Crippen molar-refractivity contribution < 1.29 is 8.78 Å². The predicted molar refractivity (Wildman–Crippen MR) is 54.3 cm³/mol. The summed E-state index contributed by atoms with van der Waals surface area (Å²) in [6, 6.07) is 3.36. The first-order valence-corrected chi connectivity index (χ1v) is 4.48. The predicted octanol–water partition coefficient (Wildman–Crippen LogP) is 3.34. The number of hydrogen-bond donors (Lipinski definition) is 1. The molecule has 0 aliphatic heterocycles. The molecular formula is C11H13F2N. The fourth-order valence-corrected chi connectivity index (χ4v) is 1.01. The number of hydrogen-bond acceptors (Lipinski definition) is 1. The van der Waals surface area contributed by atoms with Gasteiger partial charge in [0.15, 0.2) is 0 Å². The molecule has 1 aromatic rings. The minimum absolute atomic E-state index is 0.442. The first kappa shape index (κ1) is 10.7. The van der Waals surface area contributed by atoms with Crippen LogP contribution in [0.5, 0.6) is 0 Å². The summed E-state index contributed by atoms with van der Waals surface area (Å²) >= 11 is 0. The molecule has 1 rings (SSSR count). The normalized spacial score (nSPS) is 9.93. The maximum atomic E-state index is 12.7. The molecule has 14 heavy (non-hydrogen) atoms. The minimum Gasteiger partial charge on any atom is -0.381 e. The van der Waals surface area contributed by atoms with Gasteiger partial charge in [0, 0.05) is 18.3 Å². The topological polar surface area (TPSA) is 12.0 Å². The van der Waals surface area contributed by atoms with E-state index < -0.39 is 11.6 Å². The second-order valence-corrected chi connectivity index (χ2v) is 3.12. The van der Waals surface area contributed by atoms with Gasteiger partial charge in [0.05, 0.1) is 0 Å². The van der Waals surface area contributed by atoms with Crippen LogP contribution in [0.15, 0.2) is 30.4 Å². The Hall–Kier alpha value is -1.38. The number of rotatable bonds is 4. The summed E-state index contributed by atoms with van der Waals surface area (Å²) in [6.45, 7) is 6.31. The average molecular weight is 197 g/mol. The van der Waals surface area contributed by atoms with E-state index in [1.807, 2.05) is 6.92 Å². The highest BCUT2D eigenvalue weighted by atomic mass is 19.1. The van der Waals surface area contributed by atoms with Crippen molar-refractivity contribution in [2.24, 2.45) is 0 Å². The third kappa shape index (κ3) is 3.17. The van der Waals surface area contributed by atoms with Crippen molar-refractivity contribution in [3.05, 3.63) is 42.0 Å². The van der Waals surface area contributed by atoms with E-state index in [0.29, 0.717) is 12.2 Å². The van der Waals surface area contributed by atoms with Gasteiger partial charge in [-0.05, 0) is 18.6 Å². The third-order valence-electron chi connectivity index (χ3n) is 1.91. The van der Waals surface area contributed by atoms with Crippen LogP contribution < -0.4 is 5.32 Å². The van der Waals surface area contributed by atoms with Crippen LogP contribution in [0.2, 0.25) is 0 Å². The van der Waals surface area contributed by atoms with Crippen molar-refractivity contribution in [1.82, 2.24) is 0 Å². The van der Waals surface area contributed by atoms with Gasteiger partial charge in [0.25, 0.3) is 0 Å². The molecule has 1 aromatic carbocycles. The van der Waals surface area contributed by atoms with Gasteiger partial charge in [-0.15, -0.1) is 0 Å². The van der Waals surface area contributed by atoms with Crippen LogP contribution >= 0.6 is 0 Å². The quantitative estimate of drug-likeness (QED) is 0.730. The zero-order valence-corrected chi connectivity index (χ0v) is 8.11. The van der Waals surface area contributed by atoms with Gasteiger partial charge in [-0.1, -0.05) is 19.1 Å². The fraction of sp³-hybridized carbons (Fsp3) is 0.273. The number of halogens is 2. The summed E-state index contributed by atoms with van der Waals surface area (Å²) in [5, 5.41) is 2.90. The molecule has 0 radical (unpaired) electrons.